The Morgan fingerprint density at radius 1 is 1.31 bits per heavy atom. The summed E-state index contributed by atoms with van der Waals surface area (Å²) in [6.45, 7) is 6.17. The van der Waals surface area contributed by atoms with Gasteiger partial charge in [-0.05, 0) is 25.8 Å². The smallest absolute Gasteiger partial charge is 0.124 e. The summed E-state index contributed by atoms with van der Waals surface area (Å²) in [5, 5.41) is 0. The summed E-state index contributed by atoms with van der Waals surface area (Å²) in [7, 11) is 1.69. The van der Waals surface area contributed by atoms with E-state index in [0.717, 1.165) is 24.2 Å². The average Bonchev–Trinajstić information content (AvgIpc) is 2.27. The molecule has 1 aliphatic heterocycles. The second-order valence-corrected chi connectivity index (χ2v) is 4.34. The number of para-hydroxylation sites is 1. The maximum absolute atomic E-state index is 5.94. The first-order valence-electron chi connectivity index (χ1n) is 5.65. The molecular formula is C14H18O2. The molecule has 16 heavy (non-hydrogen) atoms. The third-order valence-electron chi connectivity index (χ3n) is 2.93. The second kappa shape index (κ2) is 4.71. The molecule has 1 aliphatic rings. The lowest BCUT2D eigenvalue weighted by Crippen LogP contribution is -2.21. The molecule has 0 aliphatic carbocycles. The number of rotatable bonds is 2. The van der Waals surface area contributed by atoms with Crippen molar-refractivity contribution >= 4 is 0 Å². The summed E-state index contributed by atoms with van der Waals surface area (Å²) in [6, 6.07) is 8.03. The molecule has 0 radical (unpaired) electrons. The molecule has 2 heteroatoms. The largest absolute Gasteiger partial charge is 0.496 e. The number of benzene rings is 1. The number of methoxy groups -OCH3 is 1. The highest BCUT2D eigenvalue weighted by atomic mass is 16.5. The quantitative estimate of drug-likeness (QED) is 0.707. The van der Waals surface area contributed by atoms with Gasteiger partial charge in [-0.1, -0.05) is 30.4 Å². The lowest BCUT2D eigenvalue weighted by molar-refractivity contribution is -0.0234. The van der Waals surface area contributed by atoms with E-state index >= 15 is 0 Å². The van der Waals surface area contributed by atoms with Crippen LogP contribution < -0.4 is 4.74 Å². The van der Waals surface area contributed by atoms with E-state index in [1.54, 1.807) is 7.11 Å². The summed E-state index contributed by atoms with van der Waals surface area (Å²) in [5.41, 5.74) is 2.38. The van der Waals surface area contributed by atoms with E-state index in [1.807, 2.05) is 18.2 Å². The van der Waals surface area contributed by atoms with E-state index in [9.17, 15) is 0 Å². The van der Waals surface area contributed by atoms with Crippen LogP contribution >= 0.6 is 0 Å². The van der Waals surface area contributed by atoms with E-state index in [-0.39, 0.29) is 12.2 Å². The molecule has 0 bridgehead atoms. The van der Waals surface area contributed by atoms with Crippen molar-refractivity contribution in [2.75, 3.05) is 7.11 Å². The van der Waals surface area contributed by atoms with E-state index in [0.29, 0.717) is 0 Å². The molecule has 0 spiro atoms. The number of hydrogen-bond acceptors (Lipinski definition) is 2. The SMILES string of the molecule is C=C1CC(C)OC(c2ccccc2OC)C1. The lowest BCUT2D eigenvalue weighted by atomic mass is 9.95. The summed E-state index contributed by atoms with van der Waals surface area (Å²) in [4.78, 5) is 0. The fourth-order valence-electron chi connectivity index (χ4n) is 2.24. The van der Waals surface area contributed by atoms with Crippen molar-refractivity contribution in [2.24, 2.45) is 0 Å². The molecule has 2 nitrogen and oxygen atoms in total. The summed E-state index contributed by atoms with van der Waals surface area (Å²) < 4.78 is 11.3. The Morgan fingerprint density at radius 3 is 2.75 bits per heavy atom. The Hall–Kier alpha value is -1.28. The fraction of sp³-hybridized carbons (Fsp3) is 0.429. The minimum absolute atomic E-state index is 0.0902. The van der Waals surface area contributed by atoms with Gasteiger partial charge in [0.15, 0.2) is 0 Å². The van der Waals surface area contributed by atoms with Gasteiger partial charge in [-0.2, -0.15) is 0 Å². The van der Waals surface area contributed by atoms with Gasteiger partial charge >= 0.3 is 0 Å². The van der Waals surface area contributed by atoms with Gasteiger partial charge < -0.3 is 9.47 Å². The summed E-state index contributed by atoms with van der Waals surface area (Å²) >= 11 is 0. The van der Waals surface area contributed by atoms with Crippen LogP contribution in [0.2, 0.25) is 0 Å². The van der Waals surface area contributed by atoms with Crippen molar-refractivity contribution in [3.63, 3.8) is 0 Å². The second-order valence-electron chi connectivity index (χ2n) is 4.34. The monoisotopic (exact) mass is 218 g/mol. The van der Waals surface area contributed by atoms with Crippen molar-refractivity contribution in [3.05, 3.63) is 42.0 Å². The Morgan fingerprint density at radius 2 is 2.06 bits per heavy atom. The van der Waals surface area contributed by atoms with Gasteiger partial charge in [-0.3, -0.25) is 0 Å². The highest BCUT2D eigenvalue weighted by Crippen LogP contribution is 2.37. The van der Waals surface area contributed by atoms with Crippen molar-refractivity contribution < 1.29 is 9.47 Å². The molecule has 0 saturated carbocycles. The fourth-order valence-corrected chi connectivity index (χ4v) is 2.24. The minimum Gasteiger partial charge on any atom is -0.496 e. The average molecular weight is 218 g/mol. The number of ether oxygens (including phenoxy) is 2. The molecule has 2 unspecified atom stereocenters. The molecule has 1 heterocycles. The first-order chi connectivity index (χ1) is 7.70. The van der Waals surface area contributed by atoms with Crippen LogP contribution in [0.3, 0.4) is 0 Å². The zero-order valence-corrected chi connectivity index (χ0v) is 9.90. The zero-order chi connectivity index (χ0) is 11.5. The Bertz CT molecular complexity index is 384. The van der Waals surface area contributed by atoms with Crippen LogP contribution in [0.15, 0.2) is 36.4 Å². The zero-order valence-electron chi connectivity index (χ0n) is 9.90. The highest BCUT2D eigenvalue weighted by molar-refractivity contribution is 5.36. The molecule has 0 amide bonds. The normalized spacial score (nSPS) is 25.5. The molecule has 0 aromatic heterocycles. The third kappa shape index (κ3) is 2.27. The van der Waals surface area contributed by atoms with Crippen LogP contribution in [-0.2, 0) is 4.74 Å². The van der Waals surface area contributed by atoms with Crippen molar-refractivity contribution in [1.82, 2.24) is 0 Å². The van der Waals surface area contributed by atoms with Crippen LogP contribution in [0.5, 0.6) is 5.75 Å². The van der Waals surface area contributed by atoms with Gasteiger partial charge in [0.05, 0.1) is 19.3 Å². The van der Waals surface area contributed by atoms with Gasteiger partial charge in [-0.15, -0.1) is 0 Å². The van der Waals surface area contributed by atoms with E-state index < -0.39 is 0 Å². The van der Waals surface area contributed by atoms with E-state index in [4.69, 9.17) is 9.47 Å². The maximum Gasteiger partial charge on any atom is 0.124 e. The van der Waals surface area contributed by atoms with Gasteiger partial charge in [0.25, 0.3) is 0 Å². The minimum atomic E-state index is 0.0902. The lowest BCUT2D eigenvalue weighted by Gasteiger charge is -2.30. The van der Waals surface area contributed by atoms with Gasteiger partial charge in [0.2, 0.25) is 0 Å². The summed E-state index contributed by atoms with van der Waals surface area (Å²) in [6.07, 6.45) is 2.19. The van der Waals surface area contributed by atoms with Gasteiger partial charge in [0.1, 0.15) is 5.75 Å². The van der Waals surface area contributed by atoms with Crippen molar-refractivity contribution in [2.45, 2.75) is 32.0 Å². The van der Waals surface area contributed by atoms with E-state index in [1.165, 1.54) is 5.57 Å². The van der Waals surface area contributed by atoms with Gasteiger partial charge in [-0.25, -0.2) is 0 Å². The van der Waals surface area contributed by atoms with Crippen LogP contribution in [0.25, 0.3) is 0 Å². The van der Waals surface area contributed by atoms with Gasteiger partial charge in [0, 0.05) is 5.56 Å². The molecule has 86 valence electrons. The molecule has 0 N–H and O–H groups in total. The molecule has 1 fully saturated rings. The van der Waals surface area contributed by atoms with Crippen LogP contribution in [0, 0.1) is 0 Å². The van der Waals surface area contributed by atoms with Crippen molar-refractivity contribution in [1.29, 1.82) is 0 Å². The Labute approximate surface area is 96.9 Å². The predicted octanol–water partition coefficient (Wildman–Crippen LogP) is 3.49. The topological polar surface area (TPSA) is 18.5 Å². The molecular weight excluding hydrogens is 200 g/mol. The van der Waals surface area contributed by atoms with Crippen LogP contribution in [0.1, 0.15) is 31.4 Å². The third-order valence-corrected chi connectivity index (χ3v) is 2.93. The first-order valence-corrected chi connectivity index (χ1v) is 5.65. The standard InChI is InChI=1S/C14H18O2/c1-10-8-11(2)16-14(9-10)12-6-4-5-7-13(12)15-3/h4-7,11,14H,1,8-9H2,2-3H3. The van der Waals surface area contributed by atoms with Crippen molar-refractivity contribution in [3.8, 4) is 5.75 Å². The molecule has 2 atom stereocenters. The first kappa shape index (κ1) is 11.2. The molecule has 2 rings (SSSR count). The molecule has 1 aromatic carbocycles. The number of hydrogen-bond donors (Lipinski definition) is 0. The highest BCUT2D eigenvalue weighted by Gasteiger charge is 2.25. The summed E-state index contributed by atoms with van der Waals surface area (Å²) in [5.74, 6) is 0.898. The Kier molecular flexibility index (Phi) is 3.30. The molecule has 1 aromatic rings. The predicted molar refractivity (Wildman–Crippen MR) is 64.7 cm³/mol. The van der Waals surface area contributed by atoms with E-state index in [2.05, 4.69) is 19.6 Å². The van der Waals surface area contributed by atoms with Crippen LogP contribution in [-0.4, -0.2) is 13.2 Å². The van der Waals surface area contributed by atoms with Crippen LogP contribution in [0.4, 0.5) is 0 Å². The molecule has 1 saturated heterocycles. The maximum atomic E-state index is 5.94. The Balaban J connectivity index is 2.25.